The van der Waals surface area contributed by atoms with Crippen molar-refractivity contribution in [3.8, 4) is 6.01 Å². The van der Waals surface area contributed by atoms with E-state index >= 15 is 0 Å². The van der Waals surface area contributed by atoms with E-state index in [0.29, 0.717) is 24.0 Å². The predicted molar refractivity (Wildman–Crippen MR) is 113 cm³/mol. The van der Waals surface area contributed by atoms with E-state index in [1.165, 1.54) is 25.3 Å². The number of hydrogen-bond donors (Lipinski definition) is 2. The minimum Gasteiger partial charge on any atom is -0.467 e. The molecule has 8 nitrogen and oxygen atoms in total. The number of rotatable bonds is 7. The maximum Gasteiger partial charge on any atom is 0.337 e. The lowest BCUT2D eigenvalue weighted by Crippen LogP contribution is -2.22. The number of ether oxygens (including phenoxy) is 2. The molecular weight excluding hydrogens is 382 g/mol. The highest BCUT2D eigenvalue weighted by atomic mass is 16.5. The molecule has 0 spiro atoms. The second kappa shape index (κ2) is 8.77. The molecule has 0 saturated heterocycles. The summed E-state index contributed by atoms with van der Waals surface area (Å²) >= 11 is 0. The van der Waals surface area contributed by atoms with Crippen LogP contribution in [0.1, 0.15) is 27.0 Å². The van der Waals surface area contributed by atoms with Gasteiger partial charge in [0.15, 0.2) is 0 Å². The van der Waals surface area contributed by atoms with E-state index in [4.69, 9.17) is 9.47 Å². The molecule has 1 aromatic heterocycles. The third-order valence-electron chi connectivity index (χ3n) is 5.01. The number of carbonyl (C=O) groups excluding carboxylic acids is 1. The standard InChI is InChI=1S/C22H23N5O3/c1-29-19(28)15-9-7-14(8-10-15)13-23-20-25-21(27-22(26-20)30-2)24-18-11-16-5-3-4-6-17(16)12-18/h3-10,18H,11-13H2,1-2H3,(H2,23,24,25,26,27). The SMILES string of the molecule is COC(=O)c1ccc(CNc2nc(NC3Cc4ccccc4C3)nc(OC)n2)cc1. The quantitative estimate of drug-likeness (QED) is 0.579. The maximum absolute atomic E-state index is 11.5. The van der Waals surface area contributed by atoms with E-state index in [1.807, 2.05) is 12.1 Å². The fourth-order valence-corrected chi connectivity index (χ4v) is 3.49. The number of esters is 1. The van der Waals surface area contributed by atoms with Gasteiger partial charge in [-0.25, -0.2) is 4.79 Å². The number of carbonyl (C=O) groups is 1. The van der Waals surface area contributed by atoms with Crippen molar-refractivity contribution in [3.05, 3.63) is 70.8 Å². The third kappa shape index (κ3) is 4.48. The second-order valence-corrected chi connectivity index (χ2v) is 7.03. The third-order valence-corrected chi connectivity index (χ3v) is 5.01. The highest BCUT2D eigenvalue weighted by molar-refractivity contribution is 5.89. The monoisotopic (exact) mass is 405 g/mol. The Labute approximate surface area is 174 Å². The molecule has 1 aliphatic rings. The molecule has 2 aromatic carbocycles. The van der Waals surface area contributed by atoms with Gasteiger partial charge in [-0.1, -0.05) is 36.4 Å². The minimum atomic E-state index is -0.360. The zero-order chi connectivity index (χ0) is 20.9. The largest absolute Gasteiger partial charge is 0.467 e. The van der Waals surface area contributed by atoms with Gasteiger partial charge in [0.1, 0.15) is 0 Å². The fraction of sp³-hybridized carbons (Fsp3) is 0.273. The van der Waals surface area contributed by atoms with Gasteiger partial charge in [0.25, 0.3) is 0 Å². The summed E-state index contributed by atoms with van der Waals surface area (Å²) in [6, 6.07) is 16.1. The van der Waals surface area contributed by atoms with Gasteiger partial charge in [-0.2, -0.15) is 15.0 Å². The number of nitrogens with one attached hydrogen (secondary N) is 2. The smallest absolute Gasteiger partial charge is 0.337 e. The molecule has 0 radical (unpaired) electrons. The van der Waals surface area contributed by atoms with Crippen LogP contribution in [-0.4, -0.2) is 41.2 Å². The molecule has 0 bridgehead atoms. The Morgan fingerprint density at radius 1 is 0.967 bits per heavy atom. The Kier molecular flexibility index (Phi) is 5.74. The summed E-state index contributed by atoms with van der Waals surface area (Å²) in [5.74, 6) is 0.529. The summed E-state index contributed by atoms with van der Waals surface area (Å²) in [6.45, 7) is 0.489. The number of anilines is 2. The molecular formula is C22H23N5O3. The van der Waals surface area contributed by atoms with E-state index in [-0.39, 0.29) is 18.0 Å². The van der Waals surface area contributed by atoms with Gasteiger partial charge in [0, 0.05) is 12.6 Å². The summed E-state index contributed by atoms with van der Waals surface area (Å²) < 4.78 is 9.95. The van der Waals surface area contributed by atoms with Gasteiger partial charge in [-0.3, -0.25) is 0 Å². The van der Waals surface area contributed by atoms with Crippen LogP contribution in [0, 0.1) is 0 Å². The zero-order valence-electron chi connectivity index (χ0n) is 16.9. The lowest BCUT2D eigenvalue weighted by molar-refractivity contribution is 0.0600. The molecule has 3 aromatic rings. The molecule has 0 saturated carbocycles. The van der Waals surface area contributed by atoms with Crippen LogP contribution in [0.3, 0.4) is 0 Å². The molecule has 0 fully saturated rings. The van der Waals surface area contributed by atoms with Gasteiger partial charge in [-0.15, -0.1) is 0 Å². The van der Waals surface area contributed by atoms with Gasteiger partial charge >= 0.3 is 12.0 Å². The molecule has 30 heavy (non-hydrogen) atoms. The highest BCUT2D eigenvalue weighted by Crippen LogP contribution is 2.24. The van der Waals surface area contributed by atoms with Crippen LogP contribution in [0.15, 0.2) is 48.5 Å². The van der Waals surface area contributed by atoms with E-state index in [1.54, 1.807) is 12.1 Å². The molecule has 8 heteroatoms. The predicted octanol–water partition coefficient (Wildman–Crippen LogP) is 2.86. The van der Waals surface area contributed by atoms with Crippen molar-refractivity contribution in [2.45, 2.75) is 25.4 Å². The first-order valence-corrected chi connectivity index (χ1v) is 9.69. The minimum absolute atomic E-state index is 0.230. The molecule has 4 rings (SSSR count). The summed E-state index contributed by atoms with van der Waals surface area (Å²) in [4.78, 5) is 24.6. The fourth-order valence-electron chi connectivity index (χ4n) is 3.49. The van der Waals surface area contributed by atoms with Crippen molar-refractivity contribution in [2.24, 2.45) is 0 Å². The van der Waals surface area contributed by atoms with Gasteiger partial charge in [0.05, 0.1) is 19.8 Å². The Balaban J connectivity index is 1.42. The zero-order valence-corrected chi connectivity index (χ0v) is 16.9. The lowest BCUT2D eigenvalue weighted by atomic mass is 10.1. The molecule has 0 aliphatic heterocycles. The number of aromatic nitrogens is 3. The van der Waals surface area contributed by atoms with Gasteiger partial charge < -0.3 is 20.1 Å². The van der Waals surface area contributed by atoms with Crippen molar-refractivity contribution in [1.82, 2.24) is 15.0 Å². The summed E-state index contributed by atoms with van der Waals surface area (Å²) in [6.07, 6.45) is 1.86. The van der Waals surface area contributed by atoms with Crippen molar-refractivity contribution in [2.75, 3.05) is 24.9 Å². The van der Waals surface area contributed by atoms with Crippen molar-refractivity contribution in [3.63, 3.8) is 0 Å². The molecule has 0 atom stereocenters. The first-order chi connectivity index (χ1) is 14.6. The molecule has 0 amide bonds. The molecule has 1 aliphatic carbocycles. The Morgan fingerprint density at radius 2 is 1.63 bits per heavy atom. The number of nitrogens with zero attached hydrogens (tertiary/aromatic N) is 3. The van der Waals surface area contributed by atoms with Crippen LogP contribution in [0.5, 0.6) is 6.01 Å². The van der Waals surface area contributed by atoms with E-state index in [9.17, 15) is 4.79 Å². The van der Waals surface area contributed by atoms with Crippen molar-refractivity contribution >= 4 is 17.9 Å². The first kappa shape index (κ1) is 19.6. The Bertz CT molecular complexity index is 1010. The normalized spacial score (nSPS) is 12.9. The average molecular weight is 405 g/mol. The Hall–Kier alpha value is -3.68. The first-order valence-electron chi connectivity index (χ1n) is 9.69. The van der Waals surface area contributed by atoms with E-state index in [2.05, 4.69) is 49.9 Å². The van der Waals surface area contributed by atoms with E-state index in [0.717, 1.165) is 18.4 Å². The molecule has 154 valence electrons. The Morgan fingerprint density at radius 3 is 2.27 bits per heavy atom. The van der Waals surface area contributed by atoms with Crippen LogP contribution in [0.4, 0.5) is 11.9 Å². The molecule has 1 heterocycles. The van der Waals surface area contributed by atoms with Crippen LogP contribution >= 0.6 is 0 Å². The van der Waals surface area contributed by atoms with Crippen LogP contribution in [-0.2, 0) is 24.1 Å². The number of methoxy groups -OCH3 is 2. The van der Waals surface area contributed by atoms with Crippen LogP contribution in [0.25, 0.3) is 0 Å². The van der Waals surface area contributed by atoms with Crippen LogP contribution < -0.4 is 15.4 Å². The van der Waals surface area contributed by atoms with Gasteiger partial charge in [0.2, 0.25) is 11.9 Å². The molecule has 2 N–H and O–H groups in total. The highest BCUT2D eigenvalue weighted by Gasteiger charge is 2.22. The maximum atomic E-state index is 11.5. The van der Waals surface area contributed by atoms with Crippen molar-refractivity contribution < 1.29 is 14.3 Å². The number of benzene rings is 2. The molecule has 0 unspecified atom stereocenters. The topological polar surface area (TPSA) is 98.3 Å². The summed E-state index contributed by atoms with van der Waals surface area (Å²) in [5, 5.41) is 6.58. The average Bonchev–Trinajstić information content (AvgIpc) is 3.19. The summed E-state index contributed by atoms with van der Waals surface area (Å²) in [7, 11) is 2.89. The number of fused-ring (bicyclic) bond motifs is 1. The number of hydrogen-bond acceptors (Lipinski definition) is 8. The lowest BCUT2D eigenvalue weighted by Gasteiger charge is -2.14. The van der Waals surface area contributed by atoms with E-state index < -0.39 is 0 Å². The van der Waals surface area contributed by atoms with Crippen LogP contribution in [0.2, 0.25) is 0 Å². The second-order valence-electron chi connectivity index (χ2n) is 7.03. The van der Waals surface area contributed by atoms with Gasteiger partial charge in [-0.05, 0) is 41.7 Å². The summed E-state index contributed by atoms with van der Waals surface area (Å²) in [5.41, 5.74) is 4.18. The van der Waals surface area contributed by atoms with Crippen molar-refractivity contribution in [1.29, 1.82) is 0 Å².